The van der Waals surface area contributed by atoms with Crippen LogP contribution in [0.4, 0.5) is 5.69 Å². The van der Waals surface area contributed by atoms with E-state index in [2.05, 4.69) is 10.6 Å². The van der Waals surface area contributed by atoms with Gasteiger partial charge in [-0.1, -0.05) is 18.0 Å². The molecule has 0 atom stereocenters. The van der Waals surface area contributed by atoms with Crippen molar-refractivity contribution in [3.63, 3.8) is 0 Å². The number of nitrogens with one attached hydrogen (secondary N) is 2. The van der Waals surface area contributed by atoms with Gasteiger partial charge in [-0.2, -0.15) is 0 Å². The van der Waals surface area contributed by atoms with Crippen LogP contribution < -0.4 is 16.2 Å². The molecule has 0 unspecified atom stereocenters. The van der Waals surface area contributed by atoms with Crippen molar-refractivity contribution in [1.29, 1.82) is 0 Å². The number of rotatable bonds is 4. The van der Waals surface area contributed by atoms with Crippen LogP contribution in [0.25, 0.3) is 10.2 Å². The number of amides is 2. The summed E-state index contributed by atoms with van der Waals surface area (Å²) in [4.78, 5) is 44.2. The molecule has 0 spiro atoms. The van der Waals surface area contributed by atoms with Crippen LogP contribution in [0.1, 0.15) is 63.5 Å². The minimum absolute atomic E-state index is 0.0613. The first-order valence-electron chi connectivity index (χ1n) is 10.9. The second kappa shape index (κ2) is 8.33. The molecule has 0 radical (unpaired) electrons. The normalized spacial score (nSPS) is 15.8. The van der Waals surface area contributed by atoms with Crippen LogP contribution in [0, 0.1) is 6.92 Å². The van der Waals surface area contributed by atoms with E-state index in [4.69, 9.17) is 16.6 Å². The minimum Gasteiger partial charge on any atom is -0.349 e. The zero-order valence-electron chi connectivity index (χ0n) is 17.7. The van der Waals surface area contributed by atoms with Crippen molar-refractivity contribution in [3.8, 4) is 0 Å². The van der Waals surface area contributed by atoms with Gasteiger partial charge in [-0.3, -0.25) is 19.0 Å². The summed E-state index contributed by atoms with van der Waals surface area (Å²) in [6.07, 6.45) is 5.84. The number of halogens is 1. The molecule has 32 heavy (non-hydrogen) atoms. The maximum absolute atomic E-state index is 13.1. The summed E-state index contributed by atoms with van der Waals surface area (Å²) < 4.78 is 1.77. The SMILES string of the molecule is Cc1c(C(=O)Nc2ccc(C(=O)NC3CC3)c(Cl)c2)sc2nc3n(c(=O)c12)CCCCC3. The highest BCUT2D eigenvalue weighted by Crippen LogP contribution is 2.30. The number of nitrogens with zero attached hydrogens (tertiary/aromatic N) is 2. The number of aromatic nitrogens is 2. The standard InChI is InChI=1S/C23H23ClN4O3S/c1-12-18-22(27-17-5-3-2-4-10-28(17)23(18)31)32-19(12)21(30)26-14-8-9-15(16(24)11-14)20(29)25-13-6-7-13/h8-9,11,13H,2-7,10H2,1H3,(H,25,29)(H,26,30). The molecule has 1 aromatic carbocycles. The Morgan fingerprint density at radius 3 is 2.75 bits per heavy atom. The molecule has 0 saturated heterocycles. The van der Waals surface area contributed by atoms with Gasteiger partial charge in [-0.05, 0) is 56.4 Å². The van der Waals surface area contributed by atoms with Gasteiger partial charge in [0.05, 0.1) is 20.8 Å². The molecule has 5 rings (SSSR count). The molecular weight excluding hydrogens is 448 g/mol. The van der Waals surface area contributed by atoms with Crippen LogP contribution in [-0.2, 0) is 13.0 Å². The fourth-order valence-corrected chi connectivity index (χ4v) is 5.43. The second-order valence-electron chi connectivity index (χ2n) is 8.43. The van der Waals surface area contributed by atoms with Gasteiger partial charge in [-0.15, -0.1) is 11.3 Å². The Bertz CT molecular complexity index is 1310. The van der Waals surface area contributed by atoms with E-state index < -0.39 is 0 Å². The van der Waals surface area contributed by atoms with Crippen molar-refractivity contribution >= 4 is 50.7 Å². The summed E-state index contributed by atoms with van der Waals surface area (Å²) in [6, 6.07) is 5.07. The van der Waals surface area contributed by atoms with Crippen molar-refractivity contribution in [1.82, 2.24) is 14.9 Å². The molecule has 2 aliphatic rings. The third kappa shape index (κ3) is 3.93. The van der Waals surface area contributed by atoms with Gasteiger partial charge >= 0.3 is 0 Å². The number of carbonyl (C=O) groups excluding carboxylic acids is 2. The molecule has 3 heterocycles. The number of fused-ring (bicyclic) bond motifs is 2. The average molecular weight is 471 g/mol. The second-order valence-corrected chi connectivity index (χ2v) is 9.83. The zero-order chi connectivity index (χ0) is 22.4. The van der Waals surface area contributed by atoms with Crippen molar-refractivity contribution in [2.45, 2.75) is 58.0 Å². The predicted molar refractivity (Wildman–Crippen MR) is 126 cm³/mol. The van der Waals surface area contributed by atoms with Gasteiger partial charge in [-0.25, -0.2) is 4.98 Å². The van der Waals surface area contributed by atoms with Gasteiger partial charge < -0.3 is 10.6 Å². The number of hydrogen-bond donors (Lipinski definition) is 2. The van der Waals surface area contributed by atoms with E-state index in [1.165, 1.54) is 11.3 Å². The monoisotopic (exact) mass is 470 g/mol. The highest BCUT2D eigenvalue weighted by molar-refractivity contribution is 7.20. The van der Waals surface area contributed by atoms with E-state index >= 15 is 0 Å². The summed E-state index contributed by atoms with van der Waals surface area (Å²) >= 11 is 7.53. The molecular formula is C23H23ClN4O3S. The smallest absolute Gasteiger partial charge is 0.266 e. The Kier molecular flexibility index (Phi) is 5.51. The van der Waals surface area contributed by atoms with E-state index in [1.54, 1.807) is 29.7 Å². The summed E-state index contributed by atoms with van der Waals surface area (Å²) in [5.74, 6) is 0.276. The van der Waals surface area contributed by atoms with Gasteiger partial charge in [0, 0.05) is 24.7 Å². The number of anilines is 1. The largest absolute Gasteiger partial charge is 0.349 e. The highest BCUT2D eigenvalue weighted by Gasteiger charge is 2.25. The van der Waals surface area contributed by atoms with E-state index in [9.17, 15) is 14.4 Å². The van der Waals surface area contributed by atoms with Crippen molar-refractivity contribution in [3.05, 3.63) is 55.4 Å². The number of benzene rings is 1. The van der Waals surface area contributed by atoms with Gasteiger partial charge in [0.1, 0.15) is 10.7 Å². The molecule has 3 aromatic rings. The van der Waals surface area contributed by atoms with Crippen LogP contribution in [-0.4, -0.2) is 27.4 Å². The quantitative estimate of drug-likeness (QED) is 0.594. The molecule has 0 bridgehead atoms. The molecule has 2 amide bonds. The molecule has 1 aliphatic heterocycles. The Balaban J connectivity index is 1.42. The highest BCUT2D eigenvalue weighted by atomic mass is 35.5. The topological polar surface area (TPSA) is 93.1 Å². The number of hydrogen-bond acceptors (Lipinski definition) is 5. The zero-order valence-corrected chi connectivity index (χ0v) is 19.2. The first-order valence-corrected chi connectivity index (χ1v) is 12.1. The third-order valence-electron chi connectivity index (χ3n) is 6.00. The lowest BCUT2D eigenvalue weighted by Crippen LogP contribution is -2.25. The van der Waals surface area contributed by atoms with E-state index in [-0.39, 0.29) is 28.4 Å². The summed E-state index contributed by atoms with van der Waals surface area (Å²) in [5, 5.41) is 6.54. The average Bonchev–Trinajstić information content (AvgIpc) is 3.53. The van der Waals surface area contributed by atoms with E-state index in [1.807, 2.05) is 0 Å². The molecule has 166 valence electrons. The third-order valence-corrected chi connectivity index (χ3v) is 7.50. The van der Waals surface area contributed by atoms with Crippen LogP contribution in [0.15, 0.2) is 23.0 Å². The van der Waals surface area contributed by atoms with Crippen LogP contribution >= 0.6 is 22.9 Å². The fraction of sp³-hybridized carbons (Fsp3) is 0.391. The van der Waals surface area contributed by atoms with Gasteiger partial charge in [0.15, 0.2) is 0 Å². The number of aryl methyl sites for hydroxylation is 2. The Morgan fingerprint density at radius 2 is 2.00 bits per heavy atom. The van der Waals surface area contributed by atoms with Gasteiger partial charge in [0.2, 0.25) is 0 Å². The van der Waals surface area contributed by atoms with Crippen LogP contribution in [0.5, 0.6) is 0 Å². The van der Waals surface area contributed by atoms with Crippen LogP contribution in [0.2, 0.25) is 5.02 Å². The first kappa shape index (κ1) is 21.2. The molecule has 1 saturated carbocycles. The lowest BCUT2D eigenvalue weighted by Gasteiger charge is -2.09. The predicted octanol–water partition coefficient (Wildman–Crippen LogP) is 4.29. The van der Waals surface area contributed by atoms with Crippen molar-refractivity contribution < 1.29 is 9.59 Å². The molecule has 2 aromatic heterocycles. The molecule has 2 N–H and O–H groups in total. The maximum atomic E-state index is 13.1. The Morgan fingerprint density at radius 1 is 1.19 bits per heavy atom. The summed E-state index contributed by atoms with van der Waals surface area (Å²) in [6.45, 7) is 2.46. The van der Waals surface area contributed by atoms with E-state index in [0.29, 0.717) is 38.5 Å². The van der Waals surface area contributed by atoms with Crippen molar-refractivity contribution in [2.24, 2.45) is 0 Å². The molecule has 9 heteroatoms. The van der Waals surface area contributed by atoms with Crippen molar-refractivity contribution in [2.75, 3.05) is 5.32 Å². The fourth-order valence-electron chi connectivity index (χ4n) is 4.08. The molecule has 7 nitrogen and oxygen atoms in total. The minimum atomic E-state index is -0.323. The molecule has 1 aliphatic carbocycles. The maximum Gasteiger partial charge on any atom is 0.266 e. The Hall–Kier alpha value is -2.71. The van der Waals surface area contributed by atoms with Gasteiger partial charge in [0.25, 0.3) is 17.4 Å². The van der Waals surface area contributed by atoms with Crippen LogP contribution in [0.3, 0.4) is 0 Å². The lowest BCUT2D eigenvalue weighted by atomic mass is 10.1. The summed E-state index contributed by atoms with van der Waals surface area (Å²) in [7, 11) is 0. The molecule has 1 fully saturated rings. The summed E-state index contributed by atoms with van der Waals surface area (Å²) in [5.41, 5.74) is 1.45. The van der Waals surface area contributed by atoms with E-state index in [0.717, 1.165) is 44.3 Å². The number of thiophene rings is 1. The number of carbonyl (C=O) groups is 2. The Labute approximate surface area is 193 Å². The lowest BCUT2D eigenvalue weighted by molar-refractivity contribution is 0.0950. The first-order chi connectivity index (χ1) is 15.4.